The van der Waals surface area contributed by atoms with Gasteiger partial charge in [0, 0.05) is 75.7 Å². The molecule has 0 radical (unpaired) electrons. The van der Waals surface area contributed by atoms with Gasteiger partial charge in [-0.2, -0.15) is 0 Å². The largest absolute Gasteiger partial charge is 0.481 e. The number of amides is 2. The molecule has 16 nitrogen and oxygen atoms in total. The zero-order chi connectivity index (χ0) is 42.8. The molecule has 56 heavy (non-hydrogen) atoms. The molecule has 5 atom stereocenters. The molecule has 0 aromatic heterocycles. The van der Waals surface area contributed by atoms with Gasteiger partial charge in [0.2, 0.25) is 11.8 Å². The SMILES string of the molecule is CC(=O)CCC(CC(=O)CCC(NC(=O)COCCOCCNC(=O)CCC(CC(=O)CCC(C)C(=O)O)C(C)=O)C(=O)CC(CCC(C)=O)C(C)=O)C(C)=O. The van der Waals surface area contributed by atoms with Gasteiger partial charge >= 0.3 is 5.97 Å². The second kappa shape index (κ2) is 29.0. The summed E-state index contributed by atoms with van der Waals surface area (Å²) in [6.07, 6.45) is 0.404. The normalized spacial score (nSPS) is 13.7. The molecule has 0 aliphatic rings. The molecular weight excluding hydrogens is 732 g/mol. The molecule has 3 N–H and O–H groups in total. The Bertz CT molecular complexity index is 1390. The molecule has 0 heterocycles. The summed E-state index contributed by atoms with van der Waals surface area (Å²) < 4.78 is 10.8. The van der Waals surface area contributed by atoms with Gasteiger partial charge in [0.1, 0.15) is 47.1 Å². The van der Waals surface area contributed by atoms with E-state index < -0.39 is 54.0 Å². The van der Waals surface area contributed by atoms with Gasteiger partial charge in [0.25, 0.3) is 0 Å². The predicted octanol–water partition coefficient (Wildman–Crippen LogP) is 2.91. The molecule has 0 rings (SSSR count). The van der Waals surface area contributed by atoms with Crippen LogP contribution >= 0.6 is 0 Å². The lowest BCUT2D eigenvalue weighted by atomic mass is 9.88. The molecule has 5 unspecified atom stereocenters. The quantitative estimate of drug-likeness (QED) is 0.0781. The predicted molar refractivity (Wildman–Crippen MR) is 202 cm³/mol. The minimum atomic E-state index is -1.14. The summed E-state index contributed by atoms with van der Waals surface area (Å²) in [5.41, 5.74) is 0. The Hall–Kier alpha value is -4.31. The summed E-state index contributed by atoms with van der Waals surface area (Å²) in [7, 11) is 0. The molecule has 0 saturated carbocycles. The first-order valence-corrected chi connectivity index (χ1v) is 19.2. The smallest absolute Gasteiger partial charge is 0.306 e. The van der Waals surface area contributed by atoms with E-state index in [-0.39, 0.29) is 156 Å². The molecule has 316 valence electrons. The van der Waals surface area contributed by atoms with Crippen molar-refractivity contribution in [1.82, 2.24) is 10.6 Å². The number of hydrogen-bond donors (Lipinski definition) is 3. The summed E-state index contributed by atoms with van der Waals surface area (Å²) in [4.78, 5) is 133. The first-order chi connectivity index (χ1) is 26.2. The number of carbonyl (C=O) groups is 11. The maximum atomic E-state index is 13.3. The van der Waals surface area contributed by atoms with Gasteiger partial charge in [-0.25, -0.2) is 0 Å². The Kier molecular flexibility index (Phi) is 26.8. The Balaban J connectivity index is 4.88. The number of nitrogens with one attached hydrogen (secondary N) is 2. The van der Waals surface area contributed by atoms with Crippen LogP contribution in [0.4, 0.5) is 0 Å². The lowest BCUT2D eigenvalue weighted by Crippen LogP contribution is -2.44. The Morgan fingerprint density at radius 2 is 1.00 bits per heavy atom. The van der Waals surface area contributed by atoms with Crippen LogP contribution in [0.1, 0.15) is 125 Å². The maximum Gasteiger partial charge on any atom is 0.306 e. The van der Waals surface area contributed by atoms with Crippen LogP contribution in [-0.4, -0.2) is 108 Å². The van der Waals surface area contributed by atoms with Crippen LogP contribution in [-0.2, 0) is 62.2 Å². The number of carboxylic acids is 1. The van der Waals surface area contributed by atoms with Crippen LogP contribution in [0, 0.1) is 23.7 Å². The number of aliphatic carboxylic acids is 1. The van der Waals surface area contributed by atoms with Gasteiger partial charge in [0.15, 0.2) is 5.78 Å². The molecule has 0 bridgehead atoms. The molecule has 0 fully saturated rings. The Morgan fingerprint density at radius 1 is 0.536 bits per heavy atom. The van der Waals surface area contributed by atoms with Crippen molar-refractivity contribution in [3.05, 3.63) is 0 Å². The zero-order valence-electron chi connectivity index (χ0n) is 33.9. The number of carboxylic acid groups (broad SMARTS) is 1. The number of Topliss-reactive ketones (excluding diaryl/α,β-unsaturated/α-hetero) is 8. The summed E-state index contributed by atoms with van der Waals surface area (Å²) in [5.74, 6) is -6.73. The molecular formula is C40H62N2O14. The minimum Gasteiger partial charge on any atom is -0.481 e. The minimum absolute atomic E-state index is 0.00676. The van der Waals surface area contributed by atoms with Crippen molar-refractivity contribution in [2.75, 3.05) is 33.0 Å². The van der Waals surface area contributed by atoms with Crippen molar-refractivity contribution in [1.29, 1.82) is 0 Å². The monoisotopic (exact) mass is 794 g/mol. The highest BCUT2D eigenvalue weighted by Crippen LogP contribution is 2.20. The van der Waals surface area contributed by atoms with Gasteiger partial charge in [0.05, 0.1) is 31.8 Å². The number of carbonyl (C=O) groups excluding carboxylic acids is 10. The fourth-order valence-electron chi connectivity index (χ4n) is 5.64. The van der Waals surface area contributed by atoms with Crippen LogP contribution in [0.25, 0.3) is 0 Å². The number of hydrogen-bond acceptors (Lipinski definition) is 13. The molecule has 16 heteroatoms. The van der Waals surface area contributed by atoms with E-state index in [0.29, 0.717) is 0 Å². The van der Waals surface area contributed by atoms with Gasteiger partial charge in [-0.3, -0.25) is 43.2 Å². The molecule has 0 aromatic rings. The Morgan fingerprint density at radius 3 is 1.48 bits per heavy atom. The highest BCUT2D eigenvalue weighted by Gasteiger charge is 2.28. The highest BCUT2D eigenvalue weighted by atomic mass is 16.5. The van der Waals surface area contributed by atoms with Gasteiger partial charge in [-0.15, -0.1) is 0 Å². The lowest BCUT2D eigenvalue weighted by molar-refractivity contribution is -0.141. The fraction of sp³-hybridized carbons (Fsp3) is 0.725. The van der Waals surface area contributed by atoms with E-state index in [1.54, 1.807) is 0 Å². The van der Waals surface area contributed by atoms with Gasteiger partial charge < -0.3 is 34.8 Å². The Labute approximate surface area is 329 Å². The van der Waals surface area contributed by atoms with Crippen LogP contribution in [0.15, 0.2) is 0 Å². The van der Waals surface area contributed by atoms with Gasteiger partial charge in [-0.1, -0.05) is 6.92 Å². The molecule has 0 spiro atoms. The van der Waals surface area contributed by atoms with E-state index in [9.17, 15) is 52.7 Å². The average Bonchev–Trinajstić information content (AvgIpc) is 3.11. The van der Waals surface area contributed by atoms with Crippen molar-refractivity contribution in [3.8, 4) is 0 Å². The lowest BCUT2D eigenvalue weighted by Gasteiger charge is -2.21. The number of rotatable bonds is 35. The molecule has 0 aromatic carbocycles. The second-order valence-electron chi connectivity index (χ2n) is 14.6. The van der Waals surface area contributed by atoms with Crippen LogP contribution < -0.4 is 10.6 Å². The number of ether oxygens (including phenoxy) is 2. The third kappa shape index (κ3) is 25.7. The third-order valence-electron chi connectivity index (χ3n) is 9.42. The van der Waals surface area contributed by atoms with Crippen molar-refractivity contribution < 1.29 is 67.3 Å². The van der Waals surface area contributed by atoms with Crippen LogP contribution in [0.2, 0.25) is 0 Å². The number of ketones is 8. The first kappa shape index (κ1) is 51.7. The topological polar surface area (TPSA) is 251 Å². The van der Waals surface area contributed by atoms with Crippen molar-refractivity contribution in [2.24, 2.45) is 23.7 Å². The second-order valence-corrected chi connectivity index (χ2v) is 14.6. The molecule has 0 aliphatic carbocycles. The summed E-state index contributed by atoms with van der Waals surface area (Å²) in [6, 6.07) is -1.14. The van der Waals surface area contributed by atoms with Crippen molar-refractivity contribution >= 4 is 64.0 Å². The zero-order valence-corrected chi connectivity index (χ0v) is 33.9. The van der Waals surface area contributed by atoms with Gasteiger partial charge in [-0.05, 0) is 66.7 Å². The molecule has 2 amide bonds. The van der Waals surface area contributed by atoms with E-state index in [1.165, 1.54) is 41.5 Å². The van der Waals surface area contributed by atoms with Crippen molar-refractivity contribution in [2.45, 2.75) is 131 Å². The van der Waals surface area contributed by atoms with E-state index in [0.717, 1.165) is 0 Å². The molecule has 0 aliphatic heterocycles. The maximum absolute atomic E-state index is 13.3. The average molecular weight is 795 g/mol. The van der Waals surface area contributed by atoms with E-state index in [1.807, 2.05) is 0 Å². The highest BCUT2D eigenvalue weighted by molar-refractivity contribution is 5.94. The molecule has 0 saturated heterocycles. The fourth-order valence-corrected chi connectivity index (χ4v) is 5.64. The standard InChI is InChI=1S/C40H62N2O14/c1-25(40(53)54)7-13-34(48)22-32(29(5)46)12-16-38(51)41-17-18-55-19-20-56-24-39(52)42-36(37(50)23-33(30(6)47)11-9-27(3)44)15-14-35(49)21-31(28(4)45)10-8-26(2)43/h25,31-33,36H,7-24H2,1-6H3,(H,41,51)(H,42,52)(H,53,54). The van der Waals surface area contributed by atoms with Crippen LogP contribution in [0.5, 0.6) is 0 Å². The first-order valence-electron chi connectivity index (χ1n) is 19.2. The summed E-state index contributed by atoms with van der Waals surface area (Å²) >= 11 is 0. The van der Waals surface area contributed by atoms with E-state index in [2.05, 4.69) is 10.6 Å². The van der Waals surface area contributed by atoms with E-state index >= 15 is 0 Å². The third-order valence-corrected chi connectivity index (χ3v) is 9.42. The summed E-state index contributed by atoms with van der Waals surface area (Å²) in [5, 5.41) is 14.2. The summed E-state index contributed by atoms with van der Waals surface area (Å²) in [6.45, 7) is 8.14. The van der Waals surface area contributed by atoms with E-state index in [4.69, 9.17) is 14.6 Å². The van der Waals surface area contributed by atoms with Crippen LogP contribution in [0.3, 0.4) is 0 Å². The van der Waals surface area contributed by atoms with Crippen molar-refractivity contribution in [3.63, 3.8) is 0 Å².